The largest absolute Gasteiger partial charge is 0.342 e. The summed E-state index contributed by atoms with van der Waals surface area (Å²) in [6.07, 6.45) is 0. The molecule has 1 aromatic heterocycles. The van der Waals surface area contributed by atoms with Gasteiger partial charge in [-0.25, -0.2) is 4.98 Å². The van der Waals surface area contributed by atoms with Gasteiger partial charge in [-0.1, -0.05) is 48.5 Å². The second-order valence-electron chi connectivity index (χ2n) is 6.29. The molecule has 0 unspecified atom stereocenters. The standard InChI is InChI=1S/C21H21N3O2S/c1-14-19(27-21(22-14)16-9-5-4-6-10-16)20(26)23-18-12-8-7-11-17(18)13-24(3)15(2)25/h4-12H,13H2,1-3H3,(H,23,26). The van der Waals surface area contributed by atoms with Crippen LogP contribution in [-0.4, -0.2) is 28.7 Å². The van der Waals surface area contributed by atoms with E-state index in [4.69, 9.17) is 0 Å². The van der Waals surface area contributed by atoms with Crippen LogP contribution >= 0.6 is 11.3 Å². The summed E-state index contributed by atoms with van der Waals surface area (Å²) in [5.74, 6) is -0.216. The Morgan fingerprint density at radius 2 is 1.74 bits per heavy atom. The zero-order valence-corrected chi connectivity index (χ0v) is 16.3. The number of aryl methyl sites for hydroxylation is 1. The summed E-state index contributed by atoms with van der Waals surface area (Å²) in [4.78, 5) is 31.1. The number of nitrogens with one attached hydrogen (secondary N) is 1. The molecule has 2 amide bonds. The zero-order valence-electron chi connectivity index (χ0n) is 15.5. The van der Waals surface area contributed by atoms with Crippen LogP contribution in [0.25, 0.3) is 10.6 Å². The number of anilines is 1. The Kier molecular flexibility index (Phi) is 5.66. The molecule has 2 aromatic carbocycles. The molecule has 1 heterocycles. The van der Waals surface area contributed by atoms with Gasteiger partial charge in [0.25, 0.3) is 5.91 Å². The lowest BCUT2D eigenvalue weighted by molar-refractivity contribution is -0.128. The topological polar surface area (TPSA) is 62.3 Å². The van der Waals surface area contributed by atoms with Crippen LogP contribution in [0.15, 0.2) is 54.6 Å². The van der Waals surface area contributed by atoms with E-state index in [9.17, 15) is 9.59 Å². The maximum Gasteiger partial charge on any atom is 0.267 e. The summed E-state index contributed by atoms with van der Waals surface area (Å²) in [5.41, 5.74) is 3.28. The Hall–Kier alpha value is -2.99. The molecule has 0 atom stereocenters. The monoisotopic (exact) mass is 379 g/mol. The van der Waals surface area contributed by atoms with Crippen LogP contribution in [0, 0.1) is 6.92 Å². The molecule has 3 aromatic rings. The van der Waals surface area contributed by atoms with Gasteiger partial charge in [-0.2, -0.15) is 0 Å². The van der Waals surface area contributed by atoms with Crippen molar-refractivity contribution in [2.45, 2.75) is 20.4 Å². The van der Waals surface area contributed by atoms with Gasteiger partial charge in [0.2, 0.25) is 5.91 Å². The first-order chi connectivity index (χ1) is 13.0. The number of aromatic nitrogens is 1. The third-order valence-corrected chi connectivity index (χ3v) is 5.44. The highest BCUT2D eigenvalue weighted by molar-refractivity contribution is 7.17. The molecule has 5 nitrogen and oxygen atoms in total. The lowest BCUT2D eigenvalue weighted by Crippen LogP contribution is -2.24. The van der Waals surface area contributed by atoms with Crippen LogP contribution in [-0.2, 0) is 11.3 Å². The first-order valence-electron chi connectivity index (χ1n) is 8.59. The summed E-state index contributed by atoms with van der Waals surface area (Å²) in [5, 5.41) is 3.79. The molecular formula is C21H21N3O2S. The Labute approximate surface area is 162 Å². The summed E-state index contributed by atoms with van der Waals surface area (Å²) < 4.78 is 0. The van der Waals surface area contributed by atoms with Gasteiger partial charge in [-0.15, -0.1) is 11.3 Å². The molecule has 0 aliphatic carbocycles. The highest BCUT2D eigenvalue weighted by Crippen LogP contribution is 2.28. The summed E-state index contributed by atoms with van der Waals surface area (Å²) >= 11 is 1.38. The number of benzene rings is 2. The van der Waals surface area contributed by atoms with Gasteiger partial charge in [0, 0.05) is 31.8 Å². The van der Waals surface area contributed by atoms with E-state index in [-0.39, 0.29) is 11.8 Å². The average Bonchev–Trinajstić information content (AvgIpc) is 3.06. The van der Waals surface area contributed by atoms with E-state index in [1.165, 1.54) is 18.3 Å². The number of thiazole rings is 1. The lowest BCUT2D eigenvalue weighted by atomic mass is 10.1. The molecule has 0 fully saturated rings. The van der Waals surface area contributed by atoms with Gasteiger partial charge in [0.1, 0.15) is 9.88 Å². The zero-order chi connectivity index (χ0) is 19.4. The second kappa shape index (κ2) is 8.14. The van der Waals surface area contributed by atoms with Gasteiger partial charge in [0.05, 0.1) is 5.69 Å². The fraction of sp³-hybridized carbons (Fsp3) is 0.190. The maximum absolute atomic E-state index is 12.8. The van der Waals surface area contributed by atoms with Crippen LogP contribution in [0.4, 0.5) is 5.69 Å². The molecule has 3 rings (SSSR count). The molecule has 0 aliphatic rings. The number of rotatable bonds is 5. The molecule has 0 bridgehead atoms. The molecule has 6 heteroatoms. The number of carbonyl (C=O) groups is 2. The number of carbonyl (C=O) groups excluding carboxylic acids is 2. The van der Waals surface area contributed by atoms with Gasteiger partial charge in [0.15, 0.2) is 0 Å². The first kappa shape index (κ1) is 18.8. The number of nitrogens with zero attached hydrogens (tertiary/aromatic N) is 2. The molecule has 0 saturated carbocycles. The Morgan fingerprint density at radius 3 is 2.44 bits per heavy atom. The van der Waals surface area contributed by atoms with Crippen LogP contribution in [0.3, 0.4) is 0 Å². The van der Waals surface area contributed by atoms with Gasteiger partial charge < -0.3 is 10.2 Å². The molecule has 1 N–H and O–H groups in total. The van der Waals surface area contributed by atoms with E-state index in [1.54, 1.807) is 11.9 Å². The molecule has 0 radical (unpaired) electrons. The van der Waals surface area contributed by atoms with Crippen LogP contribution in [0.1, 0.15) is 27.9 Å². The number of hydrogen-bond acceptors (Lipinski definition) is 4. The highest BCUT2D eigenvalue weighted by Gasteiger charge is 2.18. The second-order valence-corrected chi connectivity index (χ2v) is 7.29. The van der Waals surface area contributed by atoms with E-state index < -0.39 is 0 Å². The summed E-state index contributed by atoms with van der Waals surface area (Å²) in [7, 11) is 1.74. The van der Waals surface area contributed by atoms with Crippen LogP contribution in [0.5, 0.6) is 0 Å². The van der Waals surface area contributed by atoms with Gasteiger partial charge in [-0.05, 0) is 18.6 Å². The quantitative estimate of drug-likeness (QED) is 0.717. The van der Waals surface area contributed by atoms with E-state index in [0.29, 0.717) is 22.8 Å². The van der Waals surface area contributed by atoms with Crippen LogP contribution < -0.4 is 5.32 Å². The third kappa shape index (κ3) is 4.41. The van der Waals surface area contributed by atoms with E-state index >= 15 is 0 Å². The molecular weight excluding hydrogens is 358 g/mol. The van der Waals surface area contributed by atoms with Crippen molar-refractivity contribution in [3.63, 3.8) is 0 Å². The predicted octanol–water partition coefficient (Wildman–Crippen LogP) is 4.35. The van der Waals surface area contributed by atoms with Crippen molar-refractivity contribution in [2.24, 2.45) is 0 Å². The Balaban J connectivity index is 1.83. The van der Waals surface area contributed by atoms with E-state index in [2.05, 4.69) is 10.3 Å². The van der Waals surface area contributed by atoms with Crippen LogP contribution in [0.2, 0.25) is 0 Å². The van der Waals surface area contributed by atoms with Crippen molar-refractivity contribution >= 4 is 28.8 Å². The molecule has 27 heavy (non-hydrogen) atoms. The molecule has 0 saturated heterocycles. The predicted molar refractivity (Wildman–Crippen MR) is 109 cm³/mol. The molecule has 0 aliphatic heterocycles. The molecule has 0 spiro atoms. The van der Waals surface area contributed by atoms with Crippen molar-refractivity contribution < 1.29 is 9.59 Å². The number of para-hydroxylation sites is 1. The van der Waals surface area contributed by atoms with Crippen molar-refractivity contribution in [1.82, 2.24) is 9.88 Å². The van der Waals surface area contributed by atoms with Crippen molar-refractivity contribution in [2.75, 3.05) is 12.4 Å². The minimum Gasteiger partial charge on any atom is -0.342 e. The third-order valence-electron chi connectivity index (χ3n) is 4.23. The van der Waals surface area contributed by atoms with Crippen molar-refractivity contribution in [3.05, 3.63) is 70.7 Å². The van der Waals surface area contributed by atoms with E-state index in [0.717, 1.165) is 16.1 Å². The lowest BCUT2D eigenvalue weighted by Gasteiger charge is -2.17. The smallest absolute Gasteiger partial charge is 0.267 e. The fourth-order valence-corrected chi connectivity index (χ4v) is 3.60. The number of amides is 2. The van der Waals surface area contributed by atoms with Crippen molar-refractivity contribution in [1.29, 1.82) is 0 Å². The summed E-state index contributed by atoms with van der Waals surface area (Å²) in [6, 6.07) is 17.3. The normalized spacial score (nSPS) is 10.5. The first-order valence-corrected chi connectivity index (χ1v) is 9.41. The number of hydrogen-bond donors (Lipinski definition) is 1. The Bertz CT molecular complexity index is 967. The highest BCUT2D eigenvalue weighted by atomic mass is 32.1. The van der Waals surface area contributed by atoms with Gasteiger partial charge >= 0.3 is 0 Å². The maximum atomic E-state index is 12.8. The van der Waals surface area contributed by atoms with Crippen molar-refractivity contribution in [3.8, 4) is 10.6 Å². The average molecular weight is 379 g/mol. The SMILES string of the molecule is CC(=O)N(C)Cc1ccccc1NC(=O)c1sc(-c2ccccc2)nc1C. The molecule has 138 valence electrons. The minimum absolute atomic E-state index is 0.0260. The fourth-order valence-electron chi connectivity index (χ4n) is 2.64. The summed E-state index contributed by atoms with van der Waals surface area (Å²) in [6.45, 7) is 3.79. The van der Waals surface area contributed by atoms with E-state index in [1.807, 2.05) is 61.5 Å². The van der Waals surface area contributed by atoms with Gasteiger partial charge in [-0.3, -0.25) is 9.59 Å². The minimum atomic E-state index is -0.190. The Morgan fingerprint density at radius 1 is 1.07 bits per heavy atom.